The Kier molecular flexibility index (Phi) is 3.59. The van der Waals surface area contributed by atoms with E-state index in [1.54, 1.807) is 30.3 Å². The van der Waals surface area contributed by atoms with E-state index < -0.39 is 5.91 Å². The van der Waals surface area contributed by atoms with Gasteiger partial charge < -0.3 is 5.11 Å². The molecule has 1 aromatic heterocycles. The highest BCUT2D eigenvalue weighted by Gasteiger charge is 2.11. The van der Waals surface area contributed by atoms with Crippen LogP contribution in [-0.4, -0.2) is 27.5 Å². The minimum Gasteiger partial charge on any atom is -0.507 e. The highest BCUT2D eigenvalue weighted by molar-refractivity contribution is 6.01. The van der Waals surface area contributed by atoms with Crippen LogP contribution < -0.4 is 5.43 Å². The number of nitrogens with zero attached hydrogens (tertiary/aromatic N) is 3. The van der Waals surface area contributed by atoms with E-state index >= 15 is 0 Å². The van der Waals surface area contributed by atoms with Crippen molar-refractivity contribution in [3.63, 3.8) is 0 Å². The number of hydrazone groups is 1. The fourth-order valence-corrected chi connectivity index (χ4v) is 2.52. The molecule has 3 aromatic carbocycles. The van der Waals surface area contributed by atoms with Crippen molar-refractivity contribution in [1.29, 1.82) is 0 Å². The lowest BCUT2D eigenvalue weighted by atomic mass is 10.1. The molecule has 1 heterocycles. The van der Waals surface area contributed by atoms with E-state index in [1.165, 1.54) is 6.21 Å². The van der Waals surface area contributed by atoms with Crippen LogP contribution >= 0.6 is 0 Å². The maximum absolute atomic E-state index is 12.2. The second-order valence-electron chi connectivity index (χ2n) is 5.43. The summed E-state index contributed by atoms with van der Waals surface area (Å²) in [6, 6.07) is 15.9. The molecule has 25 heavy (non-hydrogen) atoms. The number of rotatable bonds is 3. The molecule has 122 valence electrons. The third-order valence-electron chi connectivity index (χ3n) is 3.77. The number of fused-ring (bicyclic) bond motifs is 2. The zero-order valence-corrected chi connectivity index (χ0v) is 12.9. The van der Waals surface area contributed by atoms with Crippen LogP contribution in [0.4, 0.5) is 0 Å². The van der Waals surface area contributed by atoms with E-state index in [0.29, 0.717) is 11.0 Å². The predicted octanol–water partition coefficient (Wildman–Crippen LogP) is 2.85. The van der Waals surface area contributed by atoms with Crippen LogP contribution in [0.5, 0.6) is 5.75 Å². The fraction of sp³-hybridized carbons (Fsp3) is 0. The molecule has 2 N–H and O–H groups in total. The summed E-state index contributed by atoms with van der Waals surface area (Å²) in [6.45, 7) is 0. The van der Waals surface area contributed by atoms with Gasteiger partial charge in [-0.25, -0.2) is 10.1 Å². The Labute approximate surface area is 141 Å². The van der Waals surface area contributed by atoms with Crippen molar-refractivity contribution in [3.8, 4) is 5.75 Å². The molecular formula is C18H12N4O3. The summed E-state index contributed by atoms with van der Waals surface area (Å²) in [5, 5.41) is 23.1. The Morgan fingerprint density at radius 3 is 2.64 bits per heavy atom. The summed E-state index contributed by atoms with van der Waals surface area (Å²) in [5.74, 6) is -0.592. The molecule has 0 aliphatic rings. The van der Waals surface area contributed by atoms with Crippen molar-refractivity contribution in [2.24, 2.45) is 5.10 Å². The van der Waals surface area contributed by atoms with Gasteiger partial charge in [0.25, 0.3) is 5.91 Å². The largest absolute Gasteiger partial charge is 0.507 e. The molecule has 7 nitrogen and oxygen atoms in total. The molecule has 0 aliphatic carbocycles. The van der Waals surface area contributed by atoms with Crippen molar-refractivity contribution in [2.45, 2.75) is 0 Å². The van der Waals surface area contributed by atoms with Gasteiger partial charge in [-0.05, 0) is 50.9 Å². The number of phenols is 1. The van der Waals surface area contributed by atoms with E-state index in [9.17, 15) is 9.90 Å². The fourth-order valence-electron chi connectivity index (χ4n) is 2.52. The van der Waals surface area contributed by atoms with E-state index in [4.69, 9.17) is 0 Å². The van der Waals surface area contributed by atoms with Gasteiger partial charge in [0, 0.05) is 0 Å². The summed E-state index contributed by atoms with van der Waals surface area (Å²) in [7, 11) is 0. The minimum atomic E-state index is -0.497. The average Bonchev–Trinajstić information content (AvgIpc) is 3.09. The molecular weight excluding hydrogens is 320 g/mol. The number of aromatic nitrogens is 2. The maximum Gasteiger partial charge on any atom is 0.275 e. The lowest BCUT2D eigenvalue weighted by Gasteiger charge is -2.05. The quantitative estimate of drug-likeness (QED) is 0.444. The van der Waals surface area contributed by atoms with Gasteiger partial charge in [-0.15, -0.1) is 0 Å². The Bertz CT molecular complexity index is 1120. The highest BCUT2D eigenvalue weighted by atomic mass is 16.6. The number of hydrogen-bond donors (Lipinski definition) is 2. The number of nitrogens with one attached hydrogen (secondary N) is 1. The molecule has 4 rings (SSSR count). The second-order valence-corrected chi connectivity index (χ2v) is 5.43. The Morgan fingerprint density at radius 2 is 1.80 bits per heavy atom. The normalized spacial score (nSPS) is 11.4. The lowest BCUT2D eigenvalue weighted by Crippen LogP contribution is -2.17. The first-order valence-corrected chi connectivity index (χ1v) is 7.48. The van der Waals surface area contributed by atoms with Crippen molar-refractivity contribution in [2.75, 3.05) is 0 Å². The number of benzene rings is 3. The summed E-state index contributed by atoms with van der Waals surface area (Å²) in [6.07, 6.45) is 1.48. The molecule has 0 saturated heterocycles. The SMILES string of the molecule is O=C(N/N=C\c1ccc2nonc2c1)c1cc2ccccc2cc1O. The molecule has 7 heteroatoms. The minimum absolute atomic E-state index is 0.0958. The highest BCUT2D eigenvalue weighted by Crippen LogP contribution is 2.24. The smallest absolute Gasteiger partial charge is 0.275 e. The van der Waals surface area contributed by atoms with E-state index in [0.717, 1.165) is 16.3 Å². The molecule has 0 fully saturated rings. The van der Waals surface area contributed by atoms with E-state index in [2.05, 4.69) is 25.5 Å². The first kappa shape index (κ1) is 14.8. The monoisotopic (exact) mass is 332 g/mol. The summed E-state index contributed by atoms with van der Waals surface area (Å²) in [4.78, 5) is 12.2. The molecule has 1 amide bonds. The van der Waals surface area contributed by atoms with Gasteiger partial charge in [0.2, 0.25) is 0 Å². The first-order valence-electron chi connectivity index (χ1n) is 7.48. The number of aromatic hydroxyl groups is 1. The molecule has 0 spiro atoms. The summed E-state index contributed by atoms with van der Waals surface area (Å²) in [5.41, 5.74) is 4.53. The summed E-state index contributed by atoms with van der Waals surface area (Å²) >= 11 is 0. The third kappa shape index (κ3) is 2.90. The second kappa shape index (κ2) is 6.04. The zero-order chi connectivity index (χ0) is 17.2. The number of amides is 1. The number of carbonyl (C=O) groups excluding carboxylic acids is 1. The average molecular weight is 332 g/mol. The van der Waals surface area contributed by atoms with Crippen molar-refractivity contribution < 1.29 is 14.5 Å². The van der Waals surface area contributed by atoms with Crippen molar-refractivity contribution in [3.05, 3.63) is 65.7 Å². The van der Waals surface area contributed by atoms with E-state index in [-0.39, 0.29) is 11.3 Å². The van der Waals surface area contributed by atoms with Gasteiger partial charge in [-0.1, -0.05) is 30.3 Å². The van der Waals surface area contributed by atoms with Gasteiger partial charge in [-0.3, -0.25) is 4.79 Å². The van der Waals surface area contributed by atoms with Crippen LogP contribution in [0.3, 0.4) is 0 Å². The van der Waals surface area contributed by atoms with Crippen LogP contribution in [0.15, 0.2) is 64.3 Å². The molecule has 0 aliphatic heterocycles. The summed E-state index contributed by atoms with van der Waals surface area (Å²) < 4.78 is 4.63. The van der Waals surface area contributed by atoms with Gasteiger partial charge in [-0.2, -0.15) is 5.10 Å². The Balaban J connectivity index is 1.54. The van der Waals surface area contributed by atoms with Crippen LogP contribution in [0.25, 0.3) is 21.8 Å². The van der Waals surface area contributed by atoms with E-state index in [1.807, 2.05) is 24.3 Å². The first-order chi connectivity index (χ1) is 12.2. The molecule has 0 saturated carbocycles. The number of phenolic OH excluding ortho intramolecular Hbond substituents is 1. The molecule has 0 radical (unpaired) electrons. The lowest BCUT2D eigenvalue weighted by molar-refractivity contribution is 0.0952. The molecule has 4 aromatic rings. The molecule has 0 unspecified atom stereocenters. The topological polar surface area (TPSA) is 101 Å². The number of hydrogen-bond acceptors (Lipinski definition) is 6. The zero-order valence-electron chi connectivity index (χ0n) is 12.9. The van der Waals surface area contributed by atoms with Gasteiger partial charge in [0.1, 0.15) is 16.8 Å². The Hall–Kier alpha value is -3.74. The Morgan fingerprint density at radius 1 is 1.04 bits per heavy atom. The van der Waals surface area contributed by atoms with Crippen molar-refractivity contribution in [1.82, 2.24) is 15.7 Å². The van der Waals surface area contributed by atoms with Crippen LogP contribution in [-0.2, 0) is 0 Å². The van der Waals surface area contributed by atoms with Gasteiger partial charge in [0.15, 0.2) is 0 Å². The van der Waals surface area contributed by atoms with Crippen LogP contribution in [0.1, 0.15) is 15.9 Å². The van der Waals surface area contributed by atoms with Gasteiger partial charge in [0.05, 0.1) is 11.8 Å². The molecule has 0 atom stereocenters. The molecule has 0 bridgehead atoms. The predicted molar refractivity (Wildman–Crippen MR) is 92.5 cm³/mol. The third-order valence-corrected chi connectivity index (χ3v) is 3.77. The van der Waals surface area contributed by atoms with Crippen LogP contribution in [0.2, 0.25) is 0 Å². The van der Waals surface area contributed by atoms with Crippen LogP contribution in [0, 0.1) is 0 Å². The standard InChI is InChI=1S/C18H12N4O3/c23-17-9-13-4-2-1-3-12(13)8-14(17)18(24)20-19-10-11-5-6-15-16(7-11)22-25-21-15/h1-10,23H,(H,20,24)/b19-10-. The number of carbonyl (C=O) groups is 1. The van der Waals surface area contributed by atoms with Crippen molar-refractivity contribution >= 4 is 33.9 Å². The van der Waals surface area contributed by atoms with Gasteiger partial charge >= 0.3 is 0 Å². The maximum atomic E-state index is 12.2.